The Morgan fingerprint density at radius 2 is 2.28 bits per heavy atom. The maximum atomic E-state index is 11.7. The van der Waals surface area contributed by atoms with Crippen molar-refractivity contribution in [1.29, 1.82) is 0 Å². The Kier molecular flexibility index (Phi) is 3.66. The molecule has 94 valence electrons. The molecule has 1 aromatic heterocycles. The molecule has 0 aromatic carbocycles. The van der Waals surface area contributed by atoms with Crippen LogP contribution in [0.3, 0.4) is 0 Å². The molecule has 2 heterocycles. The van der Waals surface area contributed by atoms with Gasteiger partial charge in [0.15, 0.2) is 0 Å². The zero-order valence-electron chi connectivity index (χ0n) is 10.1. The number of nitrogens with one attached hydrogen (secondary N) is 2. The average molecular weight is 246 g/mol. The number of nitrogens with zero attached hydrogens (tertiary/aromatic N) is 2. The van der Waals surface area contributed by atoms with Crippen molar-refractivity contribution in [1.82, 2.24) is 15.7 Å². The zero-order chi connectivity index (χ0) is 13.0. The third-order valence-corrected chi connectivity index (χ3v) is 2.59. The smallest absolute Gasteiger partial charge is 0.267 e. The predicted octanol–water partition coefficient (Wildman–Crippen LogP) is 0.272. The van der Waals surface area contributed by atoms with Gasteiger partial charge in [-0.05, 0) is 18.6 Å². The maximum Gasteiger partial charge on any atom is 0.267 e. The van der Waals surface area contributed by atoms with Crippen molar-refractivity contribution in [2.24, 2.45) is 5.10 Å². The Morgan fingerprint density at radius 1 is 1.44 bits per heavy atom. The average Bonchev–Trinajstić information content (AvgIpc) is 2.38. The number of aromatic nitrogens is 1. The van der Waals surface area contributed by atoms with Crippen molar-refractivity contribution in [3.05, 3.63) is 29.6 Å². The van der Waals surface area contributed by atoms with E-state index in [0.717, 1.165) is 11.3 Å². The molecule has 2 rings (SSSR count). The molecule has 0 aliphatic carbocycles. The highest BCUT2D eigenvalue weighted by Crippen LogP contribution is 2.01. The second kappa shape index (κ2) is 5.39. The molecule has 1 aliphatic heterocycles. The quantitative estimate of drug-likeness (QED) is 0.803. The van der Waals surface area contributed by atoms with Gasteiger partial charge in [-0.1, -0.05) is 6.07 Å². The van der Waals surface area contributed by atoms with Gasteiger partial charge in [0, 0.05) is 31.3 Å². The molecule has 1 aliphatic rings. The van der Waals surface area contributed by atoms with E-state index in [9.17, 15) is 9.59 Å². The summed E-state index contributed by atoms with van der Waals surface area (Å²) in [4.78, 5) is 26.8. The molecule has 0 bridgehead atoms. The summed E-state index contributed by atoms with van der Waals surface area (Å²) < 4.78 is 0. The number of aryl methyl sites for hydroxylation is 1. The second-order valence-electron chi connectivity index (χ2n) is 4.08. The van der Waals surface area contributed by atoms with Gasteiger partial charge in [0.2, 0.25) is 5.91 Å². The number of carbonyl (C=O) groups is 2. The van der Waals surface area contributed by atoms with Crippen LogP contribution in [0, 0.1) is 6.92 Å². The fourth-order valence-corrected chi connectivity index (χ4v) is 1.53. The summed E-state index contributed by atoms with van der Waals surface area (Å²) in [6, 6.07) is 3.80. The molecule has 0 atom stereocenters. The van der Waals surface area contributed by atoms with Crippen LogP contribution in [0.5, 0.6) is 0 Å². The molecule has 2 amide bonds. The number of rotatable bonds is 3. The van der Waals surface area contributed by atoms with Gasteiger partial charge in [-0.2, -0.15) is 5.10 Å². The topological polar surface area (TPSA) is 83.5 Å². The van der Waals surface area contributed by atoms with Crippen molar-refractivity contribution in [3.8, 4) is 0 Å². The summed E-state index contributed by atoms with van der Waals surface area (Å²) in [6.07, 6.45) is 2.40. The first-order valence-electron chi connectivity index (χ1n) is 5.70. The fourth-order valence-electron chi connectivity index (χ4n) is 1.53. The molecule has 2 N–H and O–H groups in total. The van der Waals surface area contributed by atoms with E-state index >= 15 is 0 Å². The zero-order valence-corrected chi connectivity index (χ0v) is 10.1. The van der Waals surface area contributed by atoms with Crippen LogP contribution in [0.25, 0.3) is 0 Å². The lowest BCUT2D eigenvalue weighted by molar-refractivity contribution is -0.121. The van der Waals surface area contributed by atoms with Crippen molar-refractivity contribution in [3.63, 3.8) is 0 Å². The molecule has 0 fully saturated rings. The molecule has 6 nitrogen and oxygen atoms in total. The summed E-state index contributed by atoms with van der Waals surface area (Å²) in [5, 5.41) is 6.47. The fraction of sp³-hybridized carbons (Fsp3) is 0.333. The summed E-state index contributed by atoms with van der Waals surface area (Å²) in [5.41, 5.74) is 4.51. The van der Waals surface area contributed by atoms with E-state index in [1.165, 1.54) is 0 Å². The van der Waals surface area contributed by atoms with E-state index in [2.05, 4.69) is 20.8 Å². The first-order chi connectivity index (χ1) is 8.65. The highest BCUT2D eigenvalue weighted by atomic mass is 16.2. The van der Waals surface area contributed by atoms with Gasteiger partial charge in [-0.25, -0.2) is 5.43 Å². The Morgan fingerprint density at radius 3 is 2.89 bits per heavy atom. The van der Waals surface area contributed by atoms with Crippen molar-refractivity contribution in [2.75, 3.05) is 0 Å². The largest absolute Gasteiger partial charge is 0.347 e. The second-order valence-corrected chi connectivity index (χ2v) is 4.08. The number of hydrogen-bond acceptors (Lipinski definition) is 4. The lowest BCUT2D eigenvalue weighted by Crippen LogP contribution is -2.36. The maximum absolute atomic E-state index is 11.7. The highest BCUT2D eigenvalue weighted by molar-refractivity contribution is 6.39. The monoisotopic (exact) mass is 246 g/mol. The van der Waals surface area contributed by atoms with Crippen molar-refractivity contribution >= 4 is 17.5 Å². The minimum absolute atomic E-state index is 0.158. The van der Waals surface area contributed by atoms with E-state index in [1.54, 1.807) is 6.20 Å². The van der Waals surface area contributed by atoms with Crippen molar-refractivity contribution < 1.29 is 9.59 Å². The summed E-state index contributed by atoms with van der Waals surface area (Å²) in [5.74, 6) is -0.412. The van der Waals surface area contributed by atoms with Gasteiger partial charge < -0.3 is 5.32 Å². The minimum atomic E-state index is -0.254. The van der Waals surface area contributed by atoms with Crippen LogP contribution in [-0.4, -0.2) is 22.5 Å². The van der Waals surface area contributed by atoms with Crippen LogP contribution < -0.4 is 10.7 Å². The van der Waals surface area contributed by atoms with E-state index in [0.29, 0.717) is 25.1 Å². The normalized spacial score (nSPS) is 14.7. The molecule has 6 heteroatoms. The van der Waals surface area contributed by atoms with Gasteiger partial charge in [0.1, 0.15) is 5.71 Å². The SMILES string of the molecule is Cc1ccc(CNC(=O)C2=NNC(=O)CC2)cn1. The van der Waals surface area contributed by atoms with Gasteiger partial charge >= 0.3 is 0 Å². The third-order valence-electron chi connectivity index (χ3n) is 2.59. The highest BCUT2D eigenvalue weighted by Gasteiger charge is 2.17. The summed E-state index contributed by atoms with van der Waals surface area (Å²) in [6.45, 7) is 2.31. The van der Waals surface area contributed by atoms with E-state index in [1.807, 2.05) is 19.1 Å². The number of carbonyl (C=O) groups excluding carboxylic acids is 2. The van der Waals surface area contributed by atoms with Crippen molar-refractivity contribution in [2.45, 2.75) is 26.3 Å². The van der Waals surface area contributed by atoms with E-state index in [4.69, 9.17) is 0 Å². The number of amides is 2. The Labute approximate surface area is 104 Å². The third kappa shape index (κ3) is 3.13. The molecule has 0 spiro atoms. The molecule has 0 unspecified atom stereocenters. The molecule has 0 saturated heterocycles. The molecule has 0 radical (unpaired) electrons. The van der Waals surface area contributed by atoms with Gasteiger partial charge in [-0.15, -0.1) is 0 Å². The molecule has 0 saturated carbocycles. The Balaban J connectivity index is 1.88. The lowest BCUT2D eigenvalue weighted by Gasteiger charge is -2.11. The van der Waals surface area contributed by atoms with Gasteiger partial charge in [0.05, 0.1) is 0 Å². The number of pyridine rings is 1. The summed E-state index contributed by atoms with van der Waals surface area (Å²) >= 11 is 0. The molecular formula is C12H14N4O2. The van der Waals surface area contributed by atoms with Crippen LogP contribution in [0.2, 0.25) is 0 Å². The van der Waals surface area contributed by atoms with E-state index in [-0.39, 0.29) is 11.8 Å². The van der Waals surface area contributed by atoms with Gasteiger partial charge in [-0.3, -0.25) is 14.6 Å². The molecule has 1 aromatic rings. The minimum Gasteiger partial charge on any atom is -0.347 e. The predicted molar refractivity (Wildman–Crippen MR) is 65.6 cm³/mol. The van der Waals surface area contributed by atoms with Crippen LogP contribution in [0.4, 0.5) is 0 Å². The lowest BCUT2D eigenvalue weighted by atomic mass is 10.1. The van der Waals surface area contributed by atoms with Crippen LogP contribution in [-0.2, 0) is 16.1 Å². The summed E-state index contributed by atoms with van der Waals surface area (Å²) in [7, 11) is 0. The van der Waals surface area contributed by atoms with Gasteiger partial charge in [0.25, 0.3) is 5.91 Å². The Hall–Kier alpha value is -2.24. The number of hydrazone groups is 1. The van der Waals surface area contributed by atoms with Crippen LogP contribution in [0.15, 0.2) is 23.4 Å². The van der Waals surface area contributed by atoms with E-state index < -0.39 is 0 Å². The first kappa shape index (κ1) is 12.2. The van der Waals surface area contributed by atoms with Crippen LogP contribution >= 0.6 is 0 Å². The van der Waals surface area contributed by atoms with Crippen LogP contribution in [0.1, 0.15) is 24.1 Å². The standard InChI is InChI=1S/C12H14N4O2/c1-8-2-3-9(6-13-8)7-14-12(18)10-4-5-11(17)16-15-10/h2-3,6H,4-5,7H2,1H3,(H,14,18)(H,16,17). The molecular weight excluding hydrogens is 232 g/mol. The first-order valence-corrected chi connectivity index (χ1v) is 5.70. The molecule has 18 heavy (non-hydrogen) atoms. The Bertz CT molecular complexity index is 493. The number of hydrogen-bond donors (Lipinski definition) is 2.